The highest BCUT2D eigenvalue weighted by molar-refractivity contribution is 6.23. The van der Waals surface area contributed by atoms with Crippen molar-refractivity contribution in [1.29, 1.82) is 0 Å². The largest absolute Gasteiger partial charge is 0.455 e. The van der Waals surface area contributed by atoms with Crippen molar-refractivity contribution in [2.45, 2.75) is 26.2 Å². The summed E-state index contributed by atoms with van der Waals surface area (Å²) in [6, 6.07) is 57.3. The smallest absolute Gasteiger partial charge is 0.164 e. The molecule has 0 bridgehead atoms. The van der Waals surface area contributed by atoms with Gasteiger partial charge in [-0.1, -0.05) is 123 Å². The van der Waals surface area contributed by atoms with E-state index >= 15 is 0 Å². The summed E-state index contributed by atoms with van der Waals surface area (Å²) in [5, 5.41) is 4.54. The second kappa shape index (κ2) is 13.3. The second-order valence-electron chi connectivity index (χ2n) is 13.9. The second-order valence-corrected chi connectivity index (χ2v) is 13.9. The number of unbranched alkanes of at least 4 members (excludes halogenated alkanes) is 1. The van der Waals surface area contributed by atoms with Crippen LogP contribution < -0.4 is 0 Å². The van der Waals surface area contributed by atoms with Crippen molar-refractivity contribution in [2.75, 3.05) is 0 Å². The van der Waals surface area contributed by atoms with E-state index in [9.17, 15) is 0 Å². The predicted molar refractivity (Wildman–Crippen MR) is 222 cm³/mol. The Bertz CT molecular complexity index is 2960. The lowest BCUT2D eigenvalue weighted by Gasteiger charge is -2.11. The van der Waals surface area contributed by atoms with E-state index in [1.165, 1.54) is 18.4 Å². The number of aromatic nitrogens is 4. The SMILES string of the molecule is CCCCc1ccc(-c2nc(-c3ccc(-n4c5ccccc5c5c6oc7ccccc7c6ccc54)cc3)nc(-c3cccc(-c4ccccc4)c3)n2)cc1. The summed E-state index contributed by atoms with van der Waals surface area (Å²) >= 11 is 0. The maximum Gasteiger partial charge on any atom is 0.164 e. The normalized spacial score (nSPS) is 11.6. The fourth-order valence-corrected chi connectivity index (χ4v) is 7.71. The average molecular weight is 697 g/mol. The van der Waals surface area contributed by atoms with Crippen LogP contribution in [0.5, 0.6) is 0 Å². The monoisotopic (exact) mass is 696 g/mol. The fourth-order valence-electron chi connectivity index (χ4n) is 7.71. The molecule has 0 spiro atoms. The summed E-state index contributed by atoms with van der Waals surface area (Å²) in [5.74, 6) is 1.93. The van der Waals surface area contributed by atoms with Crippen molar-refractivity contribution in [3.63, 3.8) is 0 Å². The van der Waals surface area contributed by atoms with Crippen molar-refractivity contribution in [1.82, 2.24) is 19.5 Å². The average Bonchev–Trinajstić information content (AvgIpc) is 3.79. The fraction of sp³-hybridized carbons (Fsp3) is 0.0816. The van der Waals surface area contributed by atoms with Gasteiger partial charge >= 0.3 is 0 Å². The molecule has 0 aliphatic rings. The highest BCUT2D eigenvalue weighted by Gasteiger charge is 2.19. The maximum absolute atomic E-state index is 6.52. The lowest BCUT2D eigenvalue weighted by Crippen LogP contribution is -2.01. The third-order valence-electron chi connectivity index (χ3n) is 10.5. The van der Waals surface area contributed by atoms with E-state index in [2.05, 4.69) is 157 Å². The minimum absolute atomic E-state index is 0.632. The Morgan fingerprint density at radius 1 is 0.481 bits per heavy atom. The summed E-state index contributed by atoms with van der Waals surface area (Å²) in [7, 11) is 0. The molecule has 0 radical (unpaired) electrons. The zero-order valence-corrected chi connectivity index (χ0v) is 29.9. The molecule has 3 aromatic heterocycles. The molecule has 54 heavy (non-hydrogen) atoms. The van der Waals surface area contributed by atoms with E-state index in [-0.39, 0.29) is 0 Å². The van der Waals surface area contributed by atoms with Gasteiger partial charge in [-0.2, -0.15) is 0 Å². The molecule has 0 fully saturated rings. The first kappa shape index (κ1) is 31.9. The molecule has 0 N–H and O–H groups in total. The van der Waals surface area contributed by atoms with Crippen LogP contribution >= 0.6 is 0 Å². The standard InChI is InChI=1S/C49H36N4O/c1-2-3-12-32-21-23-34(24-22-32)47-50-48(52-49(51-47)37-16-11-15-36(31-37)33-13-5-4-6-14-33)35-25-27-38(28-26-35)53-42-19-9-7-18-41(42)45-43(53)30-29-40-39-17-8-10-20-44(39)54-46(40)45/h4-11,13-31H,2-3,12H2,1H3. The van der Waals surface area contributed by atoms with Gasteiger partial charge in [0.05, 0.1) is 16.4 Å². The Labute approximate surface area is 313 Å². The van der Waals surface area contributed by atoms with E-state index < -0.39 is 0 Å². The van der Waals surface area contributed by atoms with Crippen LogP contribution in [0.1, 0.15) is 25.3 Å². The molecule has 258 valence electrons. The Morgan fingerprint density at radius 3 is 1.87 bits per heavy atom. The molecule has 0 amide bonds. The third kappa shape index (κ3) is 5.53. The van der Waals surface area contributed by atoms with Gasteiger partial charge in [-0.25, -0.2) is 15.0 Å². The summed E-state index contributed by atoms with van der Waals surface area (Å²) < 4.78 is 8.84. The molecule has 0 saturated carbocycles. The van der Waals surface area contributed by atoms with Crippen LogP contribution in [0.15, 0.2) is 168 Å². The maximum atomic E-state index is 6.52. The Kier molecular flexibility index (Phi) is 7.84. The first-order valence-electron chi connectivity index (χ1n) is 18.7. The summed E-state index contributed by atoms with van der Waals surface area (Å²) in [6.07, 6.45) is 3.41. The van der Waals surface area contributed by atoms with Gasteiger partial charge in [0.1, 0.15) is 11.2 Å². The molecular weight excluding hydrogens is 661 g/mol. The van der Waals surface area contributed by atoms with Gasteiger partial charge < -0.3 is 8.98 Å². The molecule has 0 aliphatic carbocycles. The number of benzene rings is 7. The number of aryl methyl sites for hydroxylation is 1. The molecule has 10 rings (SSSR count). The van der Waals surface area contributed by atoms with Crippen LogP contribution in [0, 0.1) is 0 Å². The van der Waals surface area contributed by atoms with Crippen molar-refractivity contribution in [2.24, 2.45) is 0 Å². The number of hydrogen-bond donors (Lipinski definition) is 0. The predicted octanol–water partition coefficient (Wildman–Crippen LogP) is 12.9. The van der Waals surface area contributed by atoms with Crippen LogP contribution in [0.25, 0.3) is 94.7 Å². The van der Waals surface area contributed by atoms with Gasteiger partial charge in [-0.05, 0) is 84.1 Å². The summed E-state index contributed by atoms with van der Waals surface area (Å²) in [5.41, 5.74) is 11.5. The Balaban J connectivity index is 1.09. The minimum Gasteiger partial charge on any atom is -0.455 e. The number of rotatable bonds is 8. The third-order valence-corrected chi connectivity index (χ3v) is 10.5. The molecule has 3 heterocycles. The zero-order chi connectivity index (χ0) is 36.0. The van der Waals surface area contributed by atoms with Crippen molar-refractivity contribution < 1.29 is 4.42 Å². The first-order valence-corrected chi connectivity index (χ1v) is 18.7. The van der Waals surface area contributed by atoms with Gasteiger partial charge in [-0.15, -0.1) is 0 Å². The van der Waals surface area contributed by atoms with Gasteiger partial charge in [0, 0.05) is 38.5 Å². The quantitative estimate of drug-likeness (QED) is 0.159. The van der Waals surface area contributed by atoms with Gasteiger partial charge in [0.2, 0.25) is 0 Å². The number of para-hydroxylation sites is 2. The van der Waals surface area contributed by atoms with E-state index in [0.29, 0.717) is 17.5 Å². The topological polar surface area (TPSA) is 56.7 Å². The summed E-state index contributed by atoms with van der Waals surface area (Å²) in [6.45, 7) is 2.23. The van der Waals surface area contributed by atoms with Crippen LogP contribution in [0.4, 0.5) is 0 Å². The molecule has 0 unspecified atom stereocenters. The lowest BCUT2D eigenvalue weighted by molar-refractivity contribution is 0.673. The molecule has 10 aromatic rings. The van der Waals surface area contributed by atoms with Crippen molar-refractivity contribution in [3.8, 4) is 51.0 Å². The Hall–Kier alpha value is -6.85. The van der Waals surface area contributed by atoms with Crippen LogP contribution in [0.3, 0.4) is 0 Å². The van der Waals surface area contributed by atoms with E-state index in [4.69, 9.17) is 19.4 Å². The molecule has 0 saturated heterocycles. The summed E-state index contributed by atoms with van der Waals surface area (Å²) in [4.78, 5) is 15.2. The highest BCUT2D eigenvalue weighted by atomic mass is 16.3. The molecular formula is C49H36N4O. The van der Waals surface area contributed by atoms with Crippen LogP contribution in [-0.2, 0) is 6.42 Å². The molecule has 0 aliphatic heterocycles. The number of nitrogens with zero attached hydrogens (tertiary/aromatic N) is 4. The number of hydrogen-bond acceptors (Lipinski definition) is 4. The molecule has 5 heteroatoms. The van der Waals surface area contributed by atoms with Gasteiger partial charge in [-0.3, -0.25) is 0 Å². The van der Waals surface area contributed by atoms with Crippen molar-refractivity contribution in [3.05, 3.63) is 169 Å². The van der Waals surface area contributed by atoms with E-state index in [0.717, 1.165) is 83.7 Å². The first-order chi connectivity index (χ1) is 26.7. The molecule has 7 aromatic carbocycles. The van der Waals surface area contributed by atoms with Crippen molar-refractivity contribution >= 4 is 43.7 Å². The Morgan fingerprint density at radius 2 is 1.11 bits per heavy atom. The van der Waals surface area contributed by atoms with Crippen LogP contribution in [0.2, 0.25) is 0 Å². The van der Waals surface area contributed by atoms with E-state index in [1.54, 1.807) is 0 Å². The number of furan rings is 1. The lowest BCUT2D eigenvalue weighted by atomic mass is 10.0. The minimum atomic E-state index is 0.632. The van der Waals surface area contributed by atoms with E-state index in [1.807, 2.05) is 18.2 Å². The van der Waals surface area contributed by atoms with Gasteiger partial charge in [0.15, 0.2) is 17.5 Å². The zero-order valence-electron chi connectivity index (χ0n) is 29.9. The van der Waals surface area contributed by atoms with Crippen LogP contribution in [-0.4, -0.2) is 19.5 Å². The van der Waals surface area contributed by atoms with Gasteiger partial charge in [0.25, 0.3) is 0 Å². The number of fused-ring (bicyclic) bond motifs is 7. The molecule has 0 atom stereocenters. The highest BCUT2D eigenvalue weighted by Crippen LogP contribution is 2.40. The molecule has 5 nitrogen and oxygen atoms in total.